The van der Waals surface area contributed by atoms with Crippen molar-refractivity contribution in [3.63, 3.8) is 0 Å². The van der Waals surface area contributed by atoms with E-state index < -0.39 is 12.2 Å². The van der Waals surface area contributed by atoms with Crippen LogP contribution in [0.25, 0.3) is 0 Å². The molecule has 232 valence electrons. The molecule has 1 aliphatic carbocycles. The number of phenolic OH excluding ortho intramolecular Hbond substituents is 2. The van der Waals surface area contributed by atoms with E-state index in [9.17, 15) is 20.4 Å². The Hall–Kier alpha value is -2.02. The molecule has 6 nitrogen and oxygen atoms in total. The molecule has 1 aliphatic heterocycles. The van der Waals surface area contributed by atoms with Crippen LogP contribution < -0.4 is 5.32 Å². The van der Waals surface area contributed by atoms with Crippen molar-refractivity contribution in [3.05, 3.63) is 46.7 Å². The maximum absolute atomic E-state index is 11.1. The Morgan fingerprint density at radius 2 is 1.78 bits per heavy atom. The molecule has 2 fully saturated rings. The van der Waals surface area contributed by atoms with Gasteiger partial charge in [0, 0.05) is 18.2 Å². The van der Waals surface area contributed by atoms with Gasteiger partial charge in [0.05, 0.1) is 30.5 Å². The topological polar surface area (TPSA) is 102 Å². The van der Waals surface area contributed by atoms with Crippen LogP contribution in [0.15, 0.2) is 30.0 Å². The highest BCUT2D eigenvalue weighted by atomic mass is 16.5. The van der Waals surface area contributed by atoms with Crippen LogP contribution in [0.5, 0.6) is 11.5 Å². The standard InChI is InChI=1S/C35H57NO5/c1-8-11-28(29(38)17-16-22(2)3)36-34(25-12-9-13-25)32-18-19-35(6,7)33(41-32)20-26(37)14-10-15-27-23(4)30(39)21-31(40)24(27)5/h11,21,25-26,29,32-34,36-40H,2,8-10,12-20H2,1,3-7H3/b28-11+/t26-,29+,32+,33?,34?/m1/s1. The first kappa shape index (κ1) is 33.5. The van der Waals surface area contributed by atoms with Crippen molar-refractivity contribution in [1.29, 1.82) is 0 Å². The lowest BCUT2D eigenvalue weighted by Crippen LogP contribution is -2.55. The third kappa shape index (κ3) is 8.98. The number of phenols is 2. The number of ether oxygens (including phenoxy) is 1. The molecule has 5 atom stereocenters. The molecule has 0 bridgehead atoms. The summed E-state index contributed by atoms with van der Waals surface area (Å²) in [6, 6.07) is 1.55. The fraction of sp³-hybridized carbons (Fsp3) is 0.714. The molecule has 1 aromatic carbocycles. The van der Waals surface area contributed by atoms with Crippen molar-refractivity contribution >= 4 is 0 Å². The first-order chi connectivity index (χ1) is 19.3. The molecular formula is C35H57NO5. The Morgan fingerprint density at radius 1 is 1.12 bits per heavy atom. The molecule has 3 rings (SSSR count). The van der Waals surface area contributed by atoms with Gasteiger partial charge in [0.25, 0.3) is 0 Å². The van der Waals surface area contributed by atoms with Gasteiger partial charge in [-0.15, -0.1) is 6.58 Å². The maximum Gasteiger partial charge on any atom is 0.122 e. The number of benzene rings is 1. The Morgan fingerprint density at radius 3 is 2.34 bits per heavy atom. The molecule has 0 aromatic heterocycles. The lowest BCUT2D eigenvalue weighted by Gasteiger charge is -2.48. The smallest absolute Gasteiger partial charge is 0.122 e. The highest BCUT2D eigenvalue weighted by Gasteiger charge is 2.43. The van der Waals surface area contributed by atoms with Crippen LogP contribution in [0.4, 0.5) is 0 Å². The van der Waals surface area contributed by atoms with Gasteiger partial charge in [0.15, 0.2) is 0 Å². The van der Waals surface area contributed by atoms with E-state index in [1.807, 2.05) is 20.8 Å². The number of aromatic hydroxyl groups is 2. The minimum atomic E-state index is -0.535. The quantitative estimate of drug-likeness (QED) is 0.144. The average molecular weight is 572 g/mol. The lowest BCUT2D eigenvalue weighted by atomic mass is 9.71. The van der Waals surface area contributed by atoms with Crippen LogP contribution in [-0.4, -0.2) is 50.9 Å². The molecule has 41 heavy (non-hydrogen) atoms. The highest BCUT2D eigenvalue weighted by Crippen LogP contribution is 2.43. The van der Waals surface area contributed by atoms with Crippen molar-refractivity contribution in [1.82, 2.24) is 5.32 Å². The molecule has 1 saturated carbocycles. The van der Waals surface area contributed by atoms with E-state index in [0.29, 0.717) is 31.6 Å². The minimum absolute atomic E-state index is 0.0328. The van der Waals surface area contributed by atoms with Crippen LogP contribution in [-0.2, 0) is 11.2 Å². The van der Waals surface area contributed by atoms with Crippen molar-refractivity contribution < 1.29 is 25.2 Å². The van der Waals surface area contributed by atoms with Gasteiger partial charge >= 0.3 is 0 Å². The molecule has 6 heteroatoms. The van der Waals surface area contributed by atoms with Crippen LogP contribution in [0.2, 0.25) is 0 Å². The highest BCUT2D eigenvalue weighted by molar-refractivity contribution is 5.50. The van der Waals surface area contributed by atoms with E-state index in [2.05, 4.69) is 38.7 Å². The van der Waals surface area contributed by atoms with Gasteiger partial charge in [-0.2, -0.15) is 0 Å². The second-order valence-electron chi connectivity index (χ2n) is 13.6. The van der Waals surface area contributed by atoms with Gasteiger partial charge in [-0.05, 0) is 113 Å². The van der Waals surface area contributed by atoms with Gasteiger partial charge in [-0.1, -0.05) is 38.8 Å². The number of rotatable bonds is 15. The van der Waals surface area contributed by atoms with Gasteiger partial charge < -0.3 is 30.5 Å². The van der Waals surface area contributed by atoms with Crippen molar-refractivity contribution in [2.24, 2.45) is 11.3 Å². The summed E-state index contributed by atoms with van der Waals surface area (Å²) in [5, 5.41) is 46.2. The predicted octanol–water partition coefficient (Wildman–Crippen LogP) is 7.13. The third-order valence-electron chi connectivity index (χ3n) is 9.70. The number of aliphatic hydroxyl groups excluding tert-OH is 2. The molecule has 1 saturated heterocycles. The van der Waals surface area contributed by atoms with E-state index in [1.165, 1.54) is 25.3 Å². The monoisotopic (exact) mass is 571 g/mol. The number of aliphatic hydroxyl groups is 2. The number of hydrogen-bond donors (Lipinski definition) is 5. The van der Waals surface area contributed by atoms with Gasteiger partial charge in [-0.25, -0.2) is 0 Å². The first-order valence-corrected chi connectivity index (χ1v) is 16.0. The fourth-order valence-corrected chi connectivity index (χ4v) is 6.52. The van der Waals surface area contributed by atoms with E-state index in [4.69, 9.17) is 4.74 Å². The van der Waals surface area contributed by atoms with Crippen LogP contribution in [0, 0.1) is 25.2 Å². The molecule has 5 N–H and O–H groups in total. The van der Waals surface area contributed by atoms with E-state index in [-0.39, 0.29) is 35.2 Å². The van der Waals surface area contributed by atoms with Crippen molar-refractivity contribution in [2.45, 2.75) is 149 Å². The summed E-state index contributed by atoms with van der Waals surface area (Å²) in [7, 11) is 0. The summed E-state index contributed by atoms with van der Waals surface area (Å²) in [5.41, 5.74) is 4.52. The first-order valence-electron chi connectivity index (χ1n) is 16.0. The molecule has 1 heterocycles. The van der Waals surface area contributed by atoms with Crippen LogP contribution >= 0.6 is 0 Å². The van der Waals surface area contributed by atoms with E-state index >= 15 is 0 Å². The van der Waals surface area contributed by atoms with Crippen molar-refractivity contribution in [2.75, 3.05) is 0 Å². The minimum Gasteiger partial charge on any atom is -0.508 e. The zero-order valence-corrected chi connectivity index (χ0v) is 26.5. The summed E-state index contributed by atoms with van der Waals surface area (Å²) in [6.07, 6.45) is 11.7. The third-order valence-corrected chi connectivity index (χ3v) is 9.70. The van der Waals surface area contributed by atoms with Crippen molar-refractivity contribution in [3.8, 4) is 11.5 Å². The van der Waals surface area contributed by atoms with E-state index in [0.717, 1.165) is 60.1 Å². The number of nitrogens with one attached hydrogen (secondary N) is 1. The summed E-state index contributed by atoms with van der Waals surface area (Å²) in [4.78, 5) is 0. The summed E-state index contributed by atoms with van der Waals surface area (Å²) in [5.74, 6) is 0.759. The van der Waals surface area contributed by atoms with Crippen LogP contribution in [0.1, 0.15) is 115 Å². The number of allylic oxidation sites excluding steroid dienone is 2. The van der Waals surface area contributed by atoms with Gasteiger partial charge in [0.2, 0.25) is 0 Å². The molecule has 2 unspecified atom stereocenters. The summed E-state index contributed by atoms with van der Waals surface area (Å²) >= 11 is 0. The average Bonchev–Trinajstić information content (AvgIpc) is 2.87. The molecular weight excluding hydrogens is 514 g/mol. The van der Waals surface area contributed by atoms with Gasteiger partial charge in [0.1, 0.15) is 11.5 Å². The molecule has 2 aliphatic rings. The van der Waals surface area contributed by atoms with Gasteiger partial charge in [-0.3, -0.25) is 0 Å². The zero-order valence-electron chi connectivity index (χ0n) is 26.5. The molecule has 0 amide bonds. The lowest BCUT2D eigenvalue weighted by molar-refractivity contribution is -0.149. The second-order valence-corrected chi connectivity index (χ2v) is 13.6. The Balaban J connectivity index is 1.65. The van der Waals surface area contributed by atoms with Crippen LogP contribution in [0.3, 0.4) is 0 Å². The maximum atomic E-state index is 11.1. The largest absolute Gasteiger partial charge is 0.508 e. The summed E-state index contributed by atoms with van der Waals surface area (Å²) in [6.45, 7) is 16.4. The predicted molar refractivity (Wildman–Crippen MR) is 167 cm³/mol. The molecule has 0 spiro atoms. The summed E-state index contributed by atoms with van der Waals surface area (Å²) < 4.78 is 6.87. The fourth-order valence-electron chi connectivity index (χ4n) is 6.52. The Bertz CT molecular complexity index is 1020. The normalized spacial score (nSPS) is 23.5. The SMILES string of the molecule is C=C(C)CC[C@H](O)/C(=C\CC)NC(C1CCC1)[C@@H]1CCC(C)(C)C(C[C@H](O)CCCc2c(C)c(O)cc(O)c2C)O1. The Kier molecular flexibility index (Phi) is 12.2. The second kappa shape index (κ2) is 14.9. The Labute approximate surface area is 248 Å². The van der Waals surface area contributed by atoms with E-state index in [1.54, 1.807) is 0 Å². The zero-order chi connectivity index (χ0) is 30.3. The number of hydrogen-bond acceptors (Lipinski definition) is 6. The molecule has 1 aromatic rings. The molecule has 0 radical (unpaired) electrons.